The zero-order chi connectivity index (χ0) is 25.1. The van der Waals surface area contributed by atoms with E-state index in [1.165, 1.54) is 39.4 Å². The standard InChI is InChI=1S/C24H26FN5O5/c1-28(2)24(33)22(31)21-19-18(35-27-21)13-17(34-3)20(26-19)23(32)30-10-4-9-29(11-12-30)14-15-5-7-16(25)8-6-15/h5-8,13H,4,9-12,14H2,1-3H3. The Bertz CT molecular complexity index is 1260. The quantitative estimate of drug-likeness (QED) is 0.387. The van der Waals surface area contributed by atoms with Crippen molar-refractivity contribution in [2.24, 2.45) is 0 Å². The number of rotatable bonds is 6. The van der Waals surface area contributed by atoms with E-state index in [0.29, 0.717) is 26.2 Å². The number of hydrogen-bond donors (Lipinski definition) is 0. The van der Waals surface area contributed by atoms with Crippen molar-refractivity contribution in [3.05, 3.63) is 53.1 Å². The number of nitrogens with zero attached hydrogens (tertiary/aromatic N) is 5. The summed E-state index contributed by atoms with van der Waals surface area (Å²) in [6.45, 7) is 3.03. The summed E-state index contributed by atoms with van der Waals surface area (Å²) in [5, 5.41) is 3.71. The number of halogens is 1. The third-order valence-corrected chi connectivity index (χ3v) is 5.85. The van der Waals surface area contributed by atoms with E-state index >= 15 is 0 Å². The zero-order valence-electron chi connectivity index (χ0n) is 19.8. The molecule has 1 aliphatic heterocycles. The van der Waals surface area contributed by atoms with Gasteiger partial charge in [0.2, 0.25) is 0 Å². The summed E-state index contributed by atoms with van der Waals surface area (Å²) in [6.07, 6.45) is 0.742. The summed E-state index contributed by atoms with van der Waals surface area (Å²) < 4.78 is 23.7. The van der Waals surface area contributed by atoms with Crippen molar-refractivity contribution < 1.29 is 28.0 Å². The minimum absolute atomic E-state index is 0.0153. The average molecular weight is 484 g/mol. The van der Waals surface area contributed by atoms with Crippen LogP contribution in [0.25, 0.3) is 11.1 Å². The van der Waals surface area contributed by atoms with Gasteiger partial charge in [0.05, 0.1) is 7.11 Å². The minimum atomic E-state index is -0.879. The van der Waals surface area contributed by atoms with Crippen molar-refractivity contribution in [3.8, 4) is 5.75 Å². The van der Waals surface area contributed by atoms with Crippen LogP contribution in [0, 0.1) is 5.82 Å². The van der Waals surface area contributed by atoms with Crippen LogP contribution in [0.15, 0.2) is 34.9 Å². The number of hydrogen-bond acceptors (Lipinski definition) is 8. The molecule has 184 valence electrons. The van der Waals surface area contributed by atoms with Gasteiger partial charge >= 0.3 is 0 Å². The molecule has 0 saturated carbocycles. The first-order chi connectivity index (χ1) is 16.8. The number of benzene rings is 1. The highest BCUT2D eigenvalue weighted by Crippen LogP contribution is 2.27. The number of amides is 2. The maximum absolute atomic E-state index is 13.4. The van der Waals surface area contributed by atoms with E-state index in [2.05, 4.69) is 15.0 Å². The Kier molecular flexibility index (Phi) is 7.06. The maximum Gasteiger partial charge on any atom is 0.296 e. The largest absolute Gasteiger partial charge is 0.494 e. The highest BCUT2D eigenvalue weighted by Gasteiger charge is 2.30. The summed E-state index contributed by atoms with van der Waals surface area (Å²) in [6, 6.07) is 7.83. The van der Waals surface area contributed by atoms with Crippen LogP contribution in [0.5, 0.6) is 5.75 Å². The molecule has 0 spiro atoms. The van der Waals surface area contributed by atoms with Gasteiger partial charge < -0.3 is 19.1 Å². The van der Waals surface area contributed by atoms with Crippen molar-refractivity contribution >= 4 is 28.7 Å². The lowest BCUT2D eigenvalue weighted by Crippen LogP contribution is -2.35. The van der Waals surface area contributed by atoms with Crippen LogP contribution >= 0.6 is 0 Å². The molecule has 2 aromatic heterocycles. The topological polar surface area (TPSA) is 109 Å². The zero-order valence-corrected chi connectivity index (χ0v) is 19.8. The van der Waals surface area contributed by atoms with Crippen LogP contribution in [-0.4, -0.2) is 89.8 Å². The van der Waals surface area contributed by atoms with Gasteiger partial charge in [0.15, 0.2) is 22.7 Å². The van der Waals surface area contributed by atoms with E-state index in [9.17, 15) is 18.8 Å². The first-order valence-corrected chi connectivity index (χ1v) is 11.1. The Morgan fingerprint density at radius 1 is 1.09 bits per heavy atom. The molecule has 0 unspecified atom stereocenters. The molecule has 35 heavy (non-hydrogen) atoms. The number of fused-ring (bicyclic) bond motifs is 1. The number of carbonyl (C=O) groups excluding carboxylic acids is 3. The van der Waals surface area contributed by atoms with Crippen molar-refractivity contribution in [2.75, 3.05) is 47.4 Å². The minimum Gasteiger partial charge on any atom is -0.494 e. The van der Waals surface area contributed by atoms with Gasteiger partial charge in [-0.2, -0.15) is 0 Å². The number of methoxy groups -OCH3 is 1. The highest BCUT2D eigenvalue weighted by molar-refractivity contribution is 6.43. The number of carbonyl (C=O) groups is 3. The van der Waals surface area contributed by atoms with E-state index < -0.39 is 11.7 Å². The molecule has 10 nitrogen and oxygen atoms in total. The molecular formula is C24H26FN5O5. The van der Waals surface area contributed by atoms with E-state index in [4.69, 9.17) is 9.26 Å². The molecular weight excluding hydrogens is 457 g/mol. The number of pyridine rings is 1. The van der Waals surface area contributed by atoms with Crippen LogP contribution in [0.4, 0.5) is 4.39 Å². The Morgan fingerprint density at radius 2 is 1.83 bits per heavy atom. The van der Waals surface area contributed by atoms with Gasteiger partial charge in [-0.3, -0.25) is 19.3 Å². The van der Waals surface area contributed by atoms with Crippen molar-refractivity contribution in [1.82, 2.24) is 24.8 Å². The molecule has 3 heterocycles. The third-order valence-electron chi connectivity index (χ3n) is 5.85. The summed E-state index contributed by atoms with van der Waals surface area (Å²) in [5.74, 6) is -2.10. The molecule has 4 rings (SSSR count). The van der Waals surface area contributed by atoms with Crippen molar-refractivity contribution in [3.63, 3.8) is 0 Å². The monoisotopic (exact) mass is 483 g/mol. The lowest BCUT2D eigenvalue weighted by molar-refractivity contribution is -0.124. The van der Waals surface area contributed by atoms with Gasteiger partial charge in [-0.05, 0) is 24.1 Å². The average Bonchev–Trinajstić information content (AvgIpc) is 3.13. The van der Waals surface area contributed by atoms with Gasteiger partial charge in [0.25, 0.3) is 17.6 Å². The van der Waals surface area contributed by atoms with Crippen LogP contribution < -0.4 is 4.74 Å². The Balaban J connectivity index is 1.55. The second-order valence-corrected chi connectivity index (χ2v) is 8.49. The molecule has 3 aromatic rings. The Morgan fingerprint density at radius 3 is 2.51 bits per heavy atom. The fourth-order valence-corrected chi connectivity index (χ4v) is 3.95. The molecule has 11 heteroatoms. The molecule has 2 amide bonds. The number of likely N-dealkylation sites (N-methyl/N-ethyl adjacent to an activating group) is 1. The highest BCUT2D eigenvalue weighted by atomic mass is 19.1. The third kappa shape index (κ3) is 5.14. The van der Waals surface area contributed by atoms with Crippen LogP contribution in [0.1, 0.15) is 33.0 Å². The smallest absolute Gasteiger partial charge is 0.296 e. The van der Waals surface area contributed by atoms with Gasteiger partial charge in [0.1, 0.15) is 11.3 Å². The predicted octanol–water partition coefficient (Wildman–Crippen LogP) is 1.99. The Hall–Kier alpha value is -3.86. The molecule has 1 aromatic carbocycles. The summed E-state index contributed by atoms with van der Waals surface area (Å²) >= 11 is 0. The number of aromatic nitrogens is 2. The van der Waals surface area contributed by atoms with E-state index in [0.717, 1.165) is 23.4 Å². The lowest BCUT2D eigenvalue weighted by Gasteiger charge is -2.22. The number of Topliss-reactive ketones (excluding diaryl/α,β-unsaturated/α-hetero) is 1. The van der Waals surface area contributed by atoms with Gasteiger partial charge in [-0.1, -0.05) is 17.3 Å². The van der Waals surface area contributed by atoms with Crippen LogP contribution in [-0.2, 0) is 11.3 Å². The molecule has 0 bridgehead atoms. The molecule has 1 aliphatic rings. The summed E-state index contributed by atoms with van der Waals surface area (Å²) in [4.78, 5) is 47.5. The molecule has 1 saturated heterocycles. The van der Waals surface area contributed by atoms with E-state index in [1.54, 1.807) is 17.0 Å². The van der Waals surface area contributed by atoms with Crippen LogP contribution in [0.2, 0.25) is 0 Å². The van der Waals surface area contributed by atoms with Gasteiger partial charge in [-0.25, -0.2) is 9.37 Å². The second-order valence-electron chi connectivity index (χ2n) is 8.49. The van der Waals surface area contributed by atoms with Crippen molar-refractivity contribution in [2.45, 2.75) is 13.0 Å². The normalized spacial score (nSPS) is 14.6. The van der Waals surface area contributed by atoms with Gasteiger partial charge in [0, 0.05) is 52.9 Å². The SMILES string of the molecule is COc1cc2onc(C(=O)C(=O)N(C)C)c2nc1C(=O)N1CCCN(Cc2ccc(F)cc2)CC1. The predicted molar refractivity (Wildman–Crippen MR) is 124 cm³/mol. The van der Waals surface area contributed by atoms with Crippen LogP contribution in [0.3, 0.4) is 0 Å². The maximum atomic E-state index is 13.4. The van der Waals surface area contributed by atoms with Crippen molar-refractivity contribution in [1.29, 1.82) is 0 Å². The molecule has 0 radical (unpaired) electrons. The second kappa shape index (κ2) is 10.2. The first-order valence-electron chi connectivity index (χ1n) is 11.1. The van der Waals surface area contributed by atoms with E-state index in [1.807, 2.05) is 0 Å². The lowest BCUT2D eigenvalue weighted by atomic mass is 10.2. The fourth-order valence-electron chi connectivity index (χ4n) is 3.95. The molecule has 0 N–H and O–H groups in total. The molecule has 0 aliphatic carbocycles. The summed E-state index contributed by atoms with van der Waals surface area (Å²) in [7, 11) is 4.31. The fraction of sp³-hybridized carbons (Fsp3) is 0.375. The Labute approximate surface area is 201 Å². The molecule has 1 fully saturated rings. The number of ether oxygens (including phenoxy) is 1. The van der Waals surface area contributed by atoms with E-state index in [-0.39, 0.29) is 40.0 Å². The number of ketones is 1. The first kappa shape index (κ1) is 24.3. The summed E-state index contributed by atoms with van der Waals surface area (Å²) in [5.41, 5.74) is 0.923. The van der Waals surface area contributed by atoms with Gasteiger partial charge in [-0.15, -0.1) is 0 Å². The molecule has 0 atom stereocenters.